The predicted octanol–water partition coefficient (Wildman–Crippen LogP) is 30.2. The standard InChI is InChI=1S/C104H65NS2/c1-9-27-66(28-10-1)78-56-88(71-35-17-5-18-36-71)101-93(60-78)95-62-80(68-31-13-3-14-32-68)58-90(103(95)106-101)76-48-52-83-84-53-49-77(91-59-81(69-33-15-4-16-34-69)63-96-94-61-79(67-29-11-2-12-30-67)57-89(102(94)107-104(91)96)72-37-19-6-20-38-72)65-98(84)105(97(83)64-76)82-50-45-70(46-51-82)75-47-54-87-92(55-75)100(74-41-23-8-24-42-74)86-44-26-25-43-85(86)99(87)73-39-21-7-22-40-73/h1-65H. The maximum absolute atomic E-state index is 2.55. The van der Waals surface area contributed by atoms with Gasteiger partial charge in [-0.05, 0) is 201 Å². The first-order chi connectivity index (χ1) is 53.0. The Morgan fingerprint density at radius 2 is 0.402 bits per heavy atom. The lowest BCUT2D eigenvalue weighted by Crippen LogP contribution is -1.95. The third kappa shape index (κ3) is 10.7. The third-order valence-corrected chi connectivity index (χ3v) is 24.5. The summed E-state index contributed by atoms with van der Waals surface area (Å²) in [6.45, 7) is 0. The van der Waals surface area contributed by atoms with Gasteiger partial charge in [0.05, 0.1) is 11.0 Å². The van der Waals surface area contributed by atoms with E-state index in [2.05, 4.69) is 399 Å². The van der Waals surface area contributed by atoms with E-state index in [4.69, 9.17) is 0 Å². The Hall–Kier alpha value is -13.3. The smallest absolute Gasteiger partial charge is 0.0547 e. The number of nitrogens with zero attached hydrogens (tertiary/aromatic N) is 1. The number of fused-ring (bicyclic) bond motifs is 11. The summed E-state index contributed by atoms with van der Waals surface area (Å²) < 4.78 is 7.65. The molecule has 3 aromatic heterocycles. The summed E-state index contributed by atoms with van der Waals surface area (Å²) in [4.78, 5) is 0. The van der Waals surface area contributed by atoms with Crippen molar-refractivity contribution in [3.8, 4) is 128 Å². The first-order valence-electron chi connectivity index (χ1n) is 36.8. The van der Waals surface area contributed by atoms with Gasteiger partial charge in [0.15, 0.2) is 0 Å². The Balaban J connectivity index is 0.807. The van der Waals surface area contributed by atoms with Crippen LogP contribution in [0.4, 0.5) is 0 Å². The summed E-state index contributed by atoms with van der Waals surface area (Å²) >= 11 is 3.83. The molecule has 0 fully saturated rings. The molecule has 21 aromatic rings. The molecule has 18 aromatic carbocycles. The molecular formula is C104H65NS2. The predicted molar refractivity (Wildman–Crippen MR) is 461 cm³/mol. The van der Waals surface area contributed by atoms with Gasteiger partial charge in [-0.2, -0.15) is 0 Å². The topological polar surface area (TPSA) is 4.93 Å². The second-order valence-electron chi connectivity index (χ2n) is 28.1. The number of benzene rings is 18. The van der Waals surface area contributed by atoms with Gasteiger partial charge in [-0.15, -0.1) is 22.7 Å². The van der Waals surface area contributed by atoms with Crippen molar-refractivity contribution in [2.45, 2.75) is 0 Å². The van der Waals surface area contributed by atoms with Crippen molar-refractivity contribution >= 4 is 106 Å². The summed E-state index contributed by atoms with van der Waals surface area (Å²) in [5.41, 5.74) is 29.8. The SMILES string of the molecule is c1ccc(-c2cc(-c3ccccc3)c3sc4c(-c5ccc6c7ccc(-c8cc(-c9ccccc9)cc9c8sc8c(-c%10ccccc%10)cc(-c%10ccccc%10)cc89)cc7n(-c7ccc(-c8ccc9c(-c%10ccccc%10)c%10ccccc%10c(-c%10ccccc%10)c9c8)cc7)c6c5)cc(-c5ccccc5)cc4c3c2)cc1. The number of aromatic nitrogens is 1. The second-order valence-corrected chi connectivity index (χ2v) is 30.2. The average molecular weight is 1390 g/mol. The van der Waals surface area contributed by atoms with Crippen LogP contribution in [0.25, 0.3) is 212 Å². The molecule has 0 aliphatic carbocycles. The van der Waals surface area contributed by atoms with Crippen molar-refractivity contribution in [2.75, 3.05) is 0 Å². The number of hydrogen-bond donors (Lipinski definition) is 0. The van der Waals surface area contributed by atoms with Gasteiger partial charge in [-0.1, -0.05) is 315 Å². The van der Waals surface area contributed by atoms with Crippen LogP contribution in [0.2, 0.25) is 0 Å². The van der Waals surface area contributed by atoms with Crippen molar-refractivity contribution in [3.05, 3.63) is 394 Å². The van der Waals surface area contributed by atoms with Crippen LogP contribution in [0.1, 0.15) is 0 Å². The zero-order valence-electron chi connectivity index (χ0n) is 58.3. The monoisotopic (exact) mass is 1390 g/mol. The minimum Gasteiger partial charge on any atom is -0.309 e. The van der Waals surface area contributed by atoms with E-state index < -0.39 is 0 Å². The normalized spacial score (nSPS) is 11.7. The second kappa shape index (κ2) is 25.8. The average Bonchev–Trinajstić information content (AvgIpc) is 1.68. The molecule has 3 heteroatoms. The van der Waals surface area contributed by atoms with Gasteiger partial charge in [0.2, 0.25) is 0 Å². The quantitative estimate of drug-likeness (QED) is 0.107. The molecule has 0 bridgehead atoms. The summed E-state index contributed by atoms with van der Waals surface area (Å²) in [7, 11) is 0. The molecule has 498 valence electrons. The van der Waals surface area contributed by atoms with Gasteiger partial charge in [0, 0.05) is 79.1 Å². The maximum atomic E-state index is 2.55. The fraction of sp³-hybridized carbons (Fsp3) is 0. The fourth-order valence-corrected chi connectivity index (χ4v) is 19.5. The van der Waals surface area contributed by atoms with Crippen LogP contribution in [0.3, 0.4) is 0 Å². The minimum atomic E-state index is 1.09. The van der Waals surface area contributed by atoms with E-state index in [1.165, 1.54) is 173 Å². The van der Waals surface area contributed by atoms with Crippen LogP contribution in [0, 0.1) is 0 Å². The lowest BCUT2D eigenvalue weighted by Gasteiger charge is -2.19. The van der Waals surface area contributed by atoms with E-state index in [0.29, 0.717) is 0 Å². The van der Waals surface area contributed by atoms with Crippen molar-refractivity contribution in [2.24, 2.45) is 0 Å². The fourth-order valence-electron chi connectivity index (χ4n) is 16.9. The largest absolute Gasteiger partial charge is 0.309 e. The Labute approximate surface area is 628 Å². The summed E-state index contributed by atoms with van der Waals surface area (Å²) in [6.07, 6.45) is 0. The molecule has 0 atom stereocenters. The number of thiophene rings is 2. The van der Waals surface area contributed by atoms with Crippen molar-refractivity contribution in [1.82, 2.24) is 4.57 Å². The van der Waals surface area contributed by atoms with E-state index in [9.17, 15) is 0 Å². The Morgan fingerprint density at radius 3 is 0.757 bits per heavy atom. The molecule has 3 heterocycles. The van der Waals surface area contributed by atoms with Gasteiger partial charge in [0.25, 0.3) is 0 Å². The summed E-state index contributed by atoms with van der Waals surface area (Å²) in [5.74, 6) is 0. The molecule has 0 radical (unpaired) electrons. The molecule has 0 saturated carbocycles. The lowest BCUT2D eigenvalue weighted by molar-refractivity contribution is 1.18. The minimum absolute atomic E-state index is 1.09. The van der Waals surface area contributed by atoms with Crippen LogP contribution in [-0.2, 0) is 0 Å². The molecule has 0 N–H and O–H groups in total. The zero-order chi connectivity index (χ0) is 70.5. The van der Waals surface area contributed by atoms with Gasteiger partial charge in [0.1, 0.15) is 0 Å². The molecule has 0 unspecified atom stereocenters. The Kier molecular flexibility index (Phi) is 15.0. The van der Waals surface area contributed by atoms with Crippen LogP contribution < -0.4 is 0 Å². The van der Waals surface area contributed by atoms with Crippen molar-refractivity contribution in [1.29, 1.82) is 0 Å². The molecular weight excluding hydrogens is 1330 g/mol. The Morgan fingerprint density at radius 1 is 0.150 bits per heavy atom. The summed E-state index contributed by atoms with van der Waals surface area (Å²) in [5, 5.41) is 12.4. The van der Waals surface area contributed by atoms with Gasteiger partial charge in [-0.3, -0.25) is 0 Å². The highest BCUT2D eigenvalue weighted by atomic mass is 32.1. The summed E-state index contributed by atoms with van der Waals surface area (Å²) in [6, 6.07) is 147. The van der Waals surface area contributed by atoms with E-state index in [0.717, 1.165) is 39.0 Å². The van der Waals surface area contributed by atoms with Crippen molar-refractivity contribution < 1.29 is 0 Å². The Bertz CT molecular complexity index is 6720. The van der Waals surface area contributed by atoms with E-state index in [-0.39, 0.29) is 0 Å². The molecule has 1 nitrogen and oxygen atoms in total. The molecule has 21 rings (SSSR count). The van der Waals surface area contributed by atoms with Gasteiger partial charge in [-0.25, -0.2) is 0 Å². The molecule has 0 aliphatic heterocycles. The highest BCUT2D eigenvalue weighted by molar-refractivity contribution is 7.27. The highest BCUT2D eigenvalue weighted by Crippen LogP contribution is 2.52. The van der Waals surface area contributed by atoms with Crippen LogP contribution in [0.5, 0.6) is 0 Å². The van der Waals surface area contributed by atoms with Crippen molar-refractivity contribution in [3.63, 3.8) is 0 Å². The molecule has 0 amide bonds. The van der Waals surface area contributed by atoms with Gasteiger partial charge >= 0.3 is 0 Å². The van der Waals surface area contributed by atoms with E-state index in [1.807, 2.05) is 22.7 Å². The van der Waals surface area contributed by atoms with Gasteiger partial charge < -0.3 is 4.57 Å². The number of hydrogen-bond acceptors (Lipinski definition) is 2. The van der Waals surface area contributed by atoms with Crippen LogP contribution in [-0.4, -0.2) is 4.57 Å². The third-order valence-electron chi connectivity index (χ3n) is 21.9. The molecule has 0 saturated heterocycles. The highest BCUT2D eigenvalue weighted by Gasteiger charge is 2.25. The molecule has 107 heavy (non-hydrogen) atoms. The zero-order valence-corrected chi connectivity index (χ0v) is 59.9. The van der Waals surface area contributed by atoms with E-state index >= 15 is 0 Å². The van der Waals surface area contributed by atoms with E-state index in [1.54, 1.807) is 0 Å². The van der Waals surface area contributed by atoms with Crippen LogP contribution >= 0.6 is 22.7 Å². The molecule has 0 aliphatic rings. The number of rotatable bonds is 12. The molecule has 0 spiro atoms. The first kappa shape index (κ1) is 62.3. The van der Waals surface area contributed by atoms with Crippen LogP contribution in [0.15, 0.2) is 394 Å². The lowest BCUT2D eigenvalue weighted by atomic mass is 9.85. The first-order valence-corrected chi connectivity index (χ1v) is 38.4. The maximum Gasteiger partial charge on any atom is 0.0547 e.